The van der Waals surface area contributed by atoms with Gasteiger partial charge >= 0.3 is 6.03 Å². The molecule has 0 radical (unpaired) electrons. The molecule has 0 aliphatic carbocycles. The SMILES string of the molecule is CNC(=O)NC(=O)[C@H]([NH2+]CCc1cccs1)c1ccccc1. The maximum Gasteiger partial charge on any atom is 0.321 e. The Morgan fingerprint density at radius 3 is 2.59 bits per heavy atom. The van der Waals surface area contributed by atoms with Gasteiger partial charge in [-0.05, 0) is 11.4 Å². The lowest BCUT2D eigenvalue weighted by atomic mass is 10.1. The van der Waals surface area contributed by atoms with Crippen LogP contribution in [0, 0.1) is 0 Å². The highest BCUT2D eigenvalue weighted by Gasteiger charge is 2.25. The number of hydrogen-bond donors (Lipinski definition) is 3. The smallest absolute Gasteiger partial charge is 0.321 e. The molecular weight excluding hydrogens is 298 g/mol. The molecule has 5 nitrogen and oxygen atoms in total. The Kier molecular flexibility index (Phi) is 6.12. The van der Waals surface area contributed by atoms with Gasteiger partial charge < -0.3 is 10.6 Å². The van der Waals surface area contributed by atoms with Gasteiger partial charge in [0.15, 0.2) is 6.04 Å². The van der Waals surface area contributed by atoms with E-state index in [9.17, 15) is 9.59 Å². The van der Waals surface area contributed by atoms with Gasteiger partial charge in [0, 0.05) is 23.9 Å². The molecule has 2 rings (SSSR count). The minimum atomic E-state index is -0.488. The molecule has 0 saturated heterocycles. The van der Waals surface area contributed by atoms with E-state index in [-0.39, 0.29) is 5.91 Å². The molecule has 22 heavy (non-hydrogen) atoms. The van der Waals surface area contributed by atoms with Gasteiger partial charge in [0.1, 0.15) is 0 Å². The predicted octanol–water partition coefficient (Wildman–Crippen LogP) is 1.05. The number of carbonyl (C=O) groups is 2. The van der Waals surface area contributed by atoms with Crippen molar-refractivity contribution in [3.8, 4) is 0 Å². The molecule has 116 valence electrons. The third-order valence-corrected chi connectivity index (χ3v) is 4.21. The van der Waals surface area contributed by atoms with E-state index in [4.69, 9.17) is 0 Å². The molecule has 0 bridgehead atoms. The van der Waals surface area contributed by atoms with Gasteiger partial charge in [-0.2, -0.15) is 0 Å². The van der Waals surface area contributed by atoms with Crippen molar-refractivity contribution in [2.24, 2.45) is 0 Å². The highest BCUT2D eigenvalue weighted by atomic mass is 32.1. The fraction of sp³-hybridized carbons (Fsp3) is 0.250. The van der Waals surface area contributed by atoms with Crippen molar-refractivity contribution in [3.63, 3.8) is 0 Å². The van der Waals surface area contributed by atoms with E-state index in [0.29, 0.717) is 0 Å². The Bertz CT molecular complexity index is 599. The summed E-state index contributed by atoms with van der Waals surface area (Å²) in [6, 6.07) is 12.7. The molecule has 3 amide bonds. The van der Waals surface area contributed by atoms with Crippen LogP contribution in [-0.2, 0) is 11.2 Å². The summed E-state index contributed by atoms with van der Waals surface area (Å²) in [5.74, 6) is -0.309. The van der Waals surface area contributed by atoms with Crippen LogP contribution in [0.1, 0.15) is 16.5 Å². The first-order valence-electron chi connectivity index (χ1n) is 7.14. The lowest BCUT2D eigenvalue weighted by molar-refractivity contribution is -0.682. The molecule has 0 saturated carbocycles. The van der Waals surface area contributed by atoms with Crippen molar-refractivity contribution in [1.82, 2.24) is 10.6 Å². The Hall–Kier alpha value is -2.18. The zero-order chi connectivity index (χ0) is 15.8. The largest absolute Gasteiger partial charge is 0.341 e. The number of benzene rings is 1. The average Bonchev–Trinajstić information content (AvgIpc) is 3.05. The fourth-order valence-corrected chi connectivity index (χ4v) is 2.88. The Balaban J connectivity index is 2.01. The van der Waals surface area contributed by atoms with Gasteiger partial charge in [0.2, 0.25) is 0 Å². The lowest BCUT2D eigenvalue weighted by Crippen LogP contribution is -2.88. The minimum absolute atomic E-state index is 0.309. The van der Waals surface area contributed by atoms with Gasteiger partial charge in [-0.25, -0.2) is 4.79 Å². The number of urea groups is 1. The molecule has 1 heterocycles. The molecule has 1 aromatic heterocycles. The number of hydrogen-bond acceptors (Lipinski definition) is 3. The second-order valence-corrected chi connectivity index (χ2v) is 5.84. The van der Waals surface area contributed by atoms with E-state index < -0.39 is 12.1 Å². The summed E-state index contributed by atoms with van der Waals surface area (Å²) < 4.78 is 0. The number of thiophene rings is 1. The van der Waals surface area contributed by atoms with Crippen molar-refractivity contribution >= 4 is 23.3 Å². The molecule has 6 heteroatoms. The molecule has 0 fully saturated rings. The molecular formula is C16H20N3O2S+. The van der Waals surface area contributed by atoms with E-state index in [1.54, 1.807) is 11.3 Å². The van der Waals surface area contributed by atoms with Crippen LogP contribution in [0.5, 0.6) is 0 Å². The summed E-state index contributed by atoms with van der Waals surface area (Å²) >= 11 is 1.71. The van der Waals surface area contributed by atoms with E-state index in [1.165, 1.54) is 11.9 Å². The van der Waals surface area contributed by atoms with Crippen molar-refractivity contribution < 1.29 is 14.9 Å². The van der Waals surface area contributed by atoms with Crippen LogP contribution in [0.3, 0.4) is 0 Å². The summed E-state index contributed by atoms with van der Waals surface area (Å²) in [4.78, 5) is 25.0. The maximum absolute atomic E-state index is 12.3. The standard InChI is InChI=1S/C16H19N3O2S/c1-17-16(21)19-15(20)14(12-6-3-2-4-7-12)18-10-9-13-8-5-11-22-13/h2-8,11,14,18H,9-10H2,1H3,(H2,17,19,20,21)/p+1/t14-/m1/s1. The van der Waals surface area contributed by atoms with E-state index in [1.807, 2.05) is 47.1 Å². The monoisotopic (exact) mass is 318 g/mol. The van der Waals surface area contributed by atoms with E-state index in [2.05, 4.69) is 16.7 Å². The van der Waals surface area contributed by atoms with Gasteiger partial charge in [0.05, 0.1) is 6.54 Å². The summed E-state index contributed by atoms with van der Waals surface area (Å²) in [7, 11) is 1.49. The minimum Gasteiger partial charge on any atom is -0.341 e. The predicted molar refractivity (Wildman–Crippen MR) is 86.6 cm³/mol. The topological polar surface area (TPSA) is 74.8 Å². The molecule has 0 spiro atoms. The Labute approximate surface area is 133 Å². The third kappa shape index (κ3) is 4.68. The normalized spacial score (nSPS) is 11.7. The second-order valence-electron chi connectivity index (χ2n) is 4.81. The van der Waals surface area contributed by atoms with Crippen molar-refractivity contribution in [3.05, 3.63) is 58.3 Å². The summed E-state index contributed by atoms with van der Waals surface area (Å²) in [5, 5.41) is 8.76. The number of quaternary nitrogens is 1. The first-order valence-corrected chi connectivity index (χ1v) is 8.02. The lowest BCUT2D eigenvalue weighted by Gasteiger charge is -2.15. The Morgan fingerprint density at radius 2 is 1.95 bits per heavy atom. The molecule has 4 N–H and O–H groups in total. The van der Waals surface area contributed by atoms with Gasteiger partial charge in [-0.15, -0.1) is 11.3 Å². The highest BCUT2D eigenvalue weighted by molar-refractivity contribution is 7.09. The van der Waals surface area contributed by atoms with Gasteiger partial charge in [-0.1, -0.05) is 36.4 Å². The van der Waals surface area contributed by atoms with Crippen LogP contribution in [0.15, 0.2) is 47.8 Å². The van der Waals surface area contributed by atoms with Gasteiger partial charge in [-0.3, -0.25) is 10.1 Å². The zero-order valence-electron chi connectivity index (χ0n) is 12.4. The Morgan fingerprint density at radius 1 is 1.18 bits per heavy atom. The first-order chi connectivity index (χ1) is 10.7. The maximum atomic E-state index is 12.3. The quantitative estimate of drug-likeness (QED) is 0.745. The van der Waals surface area contributed by atoms with Crippen LogP contribution in [-0.4, -0.2) is 25.5 Å². The second kappa shape index (κ2) is 8.31. The average molecular weight is 318 g/mol. The molecule has 2 aromatic rings. The van der Waals surface area contributed by atoms with Crippen LogP contribution in [0.25, 0.3) is 0 Å². The summed E-state index contributed by atoms with van der Waals surface area (Å²) in [5.41, 5.74) is 0.884. The fourth-order valence-electron chi connectivity index (χ4n) is 2.15. The van der Waals surface area contributed by atoms with E-state index >= 15 is 0 Å². The summed E-state index contributed by atoms with van der Waals surface area (Å²) in [6.45, 7) is 0.779. The van der Waals surface area contributed by atoms with Crippen LogP contribution in [0.4, 0.5) is 4.79 Å². The molecule has 0 aliphatic rings. The number of nitrogens with one attached hydrogen (secondary N) is 2. The van der Waals surface area contributed by atoms with Crippen molar-refractivity contribution in [2.75, 3.05) is 13.6 Å². The van der Waals surface area contributed by atoms with Crippen LogP contribution >= 0.6 is 11.3 Å². The summed E-state index contributed by atoms with van der Waals surface area (Å²) in [6.07, 6.45) is 0.897. The number of nitrogens with two attached hydrogens (primary N) is 1. The molecule has 1 aromatic carbocycles. The number of imide groups is 1. The van der Waals surface area contributed by atoms with Crippen LogP contribution in [0.2, 0.25) is 0 Å². The number of rotatable bonds is 6. The van der Waals surface area contributed by atoms with Crippen molar-refractivity contribution in [1.29, 1.82) is 0 Å². The number of carbonyl (C=O) groups excluding carboxylic acids is 2. The van der Waals surface area contributed by atoms with Gasteiger partial charge in [0.25, 0.3) is 5.91 Å². The van der Waals surface area contributed by atoms with E-state index in [0.717, 1.165) is 18.5 Å². The molecule has 0 aliphatic heterocycles. The molecule has 0 unspecified atom stereocenters. The zero-order valence-corrected chi connectivity index (χ0v) is 13.2. The van der Waals surface area contributed by atoms with Crippen molar-refractivity contribution in [2.45, 2.75) is 12.5 Å². The highest BCUT2D eigenvalue weighted by Crippen LogP contribution is 2.10. The first kappa shape index (κ1) is 16.2. The number of amides is 3. The van der Waals surface area contributed by atoms with Crippen LogP contribution < -0.4 is 16.0 Å². The third-order valence-electron chi connectivity index (χ3n) is 3.28. The molecule has 1 atom stereocenters.